The Morgan fingerprint density at radius 2 is 1.62 bits per heavy atom. The highest BCUT2D eigenvalue weighted by Crippen LogP contribution is 2.40. The minimum absolute atomic E-state index is 0.00896. The molecule has 11 heteroatoms. The number of aromatic nitrogens is 2. The molecule has 8 nitrogen and oxygen atoms in total. The van der Waals surface area contributed by atoms with E-state index in [1.807, 2.05) is 73.7 Å². The predicted octanol–water partition coefficient (Wildman–Crippen LogP) is 6.82. The molecule has 0 spiro atoms. The van der Waals surface area contributed by atoms with Gasteiger partial charge in [-0.2, -0.15) is 0 Å². The molecule has 0 amide bonds. The highest BCUT2D eigenvalue weighted by molar-refractivity contribution is 8.01. The maximum absolute atomic E-state index is 12.7. The first-order valence-electron chi connectivity index (χ1n) is 14.5. The van der Waals surface area contributed by atoms with Crippen molar-refractivity contribution < 1.29 is 23.0 Å². The predicted molar refractivity (Wildman–Crippen MR) is 176 cm³/mol. The number of ether oxygens (including phenoxy) is 2. The maximum Gasteiger partial charge on any atom is 0.240 e. The zero-order chi connectivity index (χ0) is 31.2. The van der Waals surface area contributed by atoms with Crippen molar-refractivity contribution in [3.05, 3.63) is 130 Å². The summed E-state index contributed by atoms with van der Waals surface area (Å²) in [5.41, 5.74) is 5.54. The van der Waals surface area contributed by atoms with Crippen molar-refractivity contribution in [3.63, 3.8) is 0 Å². The van der Waals surface area contributed by atoms with Crippen molar-refractivity contribution in [3.8, 4) is 11.1 Å². The average Bonchev–Trinajstić information content (AvgIpc) is 3.51. The lowest BCUT2D eigenvalue weighted by atomic mass is 9.99. The normalized spacial score (nSPS) is 18.6. The van der Waals surface area contributed by atoms with Crippen LogP contribution in [0.2, 0.25) is 0 Å². The number of hydrogen-bond donors (Lipinski definition) is 2. The number of aliphatic hydroxyl groups excluding tert-OH is 1. The molecular formula is C34H33N3O5S3. The second-order valence-electron chi connectivity index (χ2n) is 10.7. The standard InChI is InChI=1S/C34H33N3O5S3/c1-23-36-37-34(44-23)43-22-30-19-32(26-15-13-24(21-38)14-16-26)42-33(41-30)29-10-6-9-28(18-29)27-8-5-7-25(17-27)20-35-45(39,40)31-11-3-2-4-12-31/h2-18,30,32-33,35,38H,19-22H2,1H3. The largest absolute Gasteiger partial charge is 0.392 e. The Bertz CT molecular complexity index is 1830. The van der Waals surface area contributed by atoms with Crippen molar-refractivity contribution in [2.24, 2.45) is 0 Å². The number of nitrogens with zero attached hydrogens (tertiary/aromatic N) is 2. The van der Waals surface area contributed by atoms with Gasteiger partial charge in [0.05, 0.1) is 23.7 Å². The SMILES string of the molecule is Cc1nnc(SCC2CC(c3ccc(CO)cc3)OC(c3cccc(-c4cccc(CNS(=O)(=O)c5ccccc5)c4)c3)O2)s1. The summed E-state index contributed by atoms with van der Waals surface area (Å²) in [4.78, 5) is 0.235. The molecule has 3 unspecified atom stereocenters. The molecule has 1 aromatic heterocycles. The van der Waals surface area contributed by atoms with E-state index in [2.05, 4.69) is 21.0 Å². The number of sulfonamides is 1. The van der Waals surface area contributed by atoms with Crippen molar-refractivity contribution in [2.75, 3.05) is 5.75 Å². The second-order valence-corrected chi connectivity index (χ2v) is 14.9. The Hall–Kier alpha value is -3.42. The van der Waals surface area contributed by atoms with Gasteiger partial charge in [0.2, 0.25) is 10.0 Å². The van der Waals surface area contributed by atoms with Gasteiger partial charge in [-0.15, -0.1) is 10.2 Å². The Morgan fingerprint density at radius 3 is 2.36 bits per heavy atom. The highest BCUT2D eigenvalue weighted by Gasteiger charge is 2.32. The van der Waals surface area contributed by atoms with Gasteiger partial charge in [-0.05, 0) is 59.0 Å². The lowest BCUT2D eigenvalue weighted by molar-refractivity contribution is -0.245. The van der Waals surface area contributed by atoms with Crippen LogP contribution in [0.3, 0.4) is 0 Å². The molecule has 6 rings (SSSR count). The summed E-state index contributed by atoms with van der Waals surface area (Å²) >= 11 is 3.21. The van der Waals surface area contributed by atoms with Gasteiger partial charge in [-0.25, -0.2) is 13.1 Å². The van der Waals surface area contributed by atoms with Crippen LogP contribution in [0, 0.1) is 6.92 Å². The van der Waals surface area contributed by atoms with Crippen molar-refractivity contribution >= 4 is 33.1 Å². The Balaban J connectivity index is 1.21. The monoisotopic (exact) mass is 659 g/mol. The molecule has 4 aromatic carbocycles. The number of hydrogen-bond acceptors (Lipinski definition) is 9. The molecule has 45 heavy (non-hydrogen) atoms. The van der Waals surface area contributed by atoms with Gasteiger partial charge in [0.1, 0.15) is 5.01 Å². The molecule has 2 N–H and O–H groups in total. The van der Waals surface area contributed by atoms with Crippen LogP contribution < -0.4 is 4.72 Å². The Kier molecular flexibility index (Phi) is 10.1. The Morgan fingerprint density at radius 1 is 0.867 bits per heavy atom. The summed E-state index contributed by atoms with van der Waals surface area (Å²) in [5, 5.41) is 18.8. The fraction of sp³-hybridized carbons (Fsp3) is 0.235. The number of thioether (sulfide) groups is 1. The first-order chi connectivity index (χ1) is 21.9. The van der Waals surface area contributed by atoms with Gasteiger partial charge in [0.15, 0.2) is 10.6 Å². The molecule has 0 bridgehead atoms. The molecule has 1 saturated heterocycles. The van der Waals surface area contributed by atoms with E-state index in [0.717, 1.165) is 42.7 Å². The van der Waals surface area contributed by atoms with Crippen LogP contribution in [0.15, 0.2) is 112 Å². The molecule has 1 aliphatic rings. The molecule has 232 valence electrons. The highest BCUT2D eigenvalue weighted by atomic mass is 32.2. The van der Waals surface area contributed by atoms with Gasteiger partial charge in [0.25, 0.3) is 0 Å². The minimum atomic E-state index is -3.62. The van der Waals surface area contributed by atoms with Crippen LogP contribution in [0.4, 0.5) is 0 Å². The van der Waals surface area contributed by atoms with E-state index in [1.54, 1.807) is 53.4 Å². The first kappa shape index (κ1) is 31.6. The number of nitrogens with one attached hydrogen (secondary N) is 1. The van der Waals surface area contributed by atoms with Crippen molar-refractivity contribution in [2.45, 2.75) is 54.2 Å². The van der Waals surface area contributed by atoms with Crippen LogP contribution in [-0.2, 0) is 32.6 Å². The van der Waals surface area contributed by atoms with Gasteiger partial charge >= 0.3 is 0 Å². The third-order valence-electron chi connectivity index (χ3n) is 7.45. The molecule has 0 saturated carbocycles. The zero-order valence-electron chi connectivity index (χ0n) is 24.6. The molecule has 1 fully saturated rings. The van der Waals surface area contributed by atoms with E-state index in [-0.39, 0.29) is 30.3 Å². The molecule has 1 aliphatic heterocycles. The molecule has 2 heterocycles. The second kappa shape index (κ2) is 14.3. The van der Waals surface area contributed by atoms with Crippen LogP contribution >= 0.6 is 23.1 Å². The van der Waals surface area contributed by atoms with E-state index in [0.29, 0.717) is 12.2 Å². The summed E-state index contributed by atoms with van der Waals surface area (Å²) < 4.78 is 42.2. The number of benzene rings is 4. The first-order valence-corrected chi connectivity index (χ1v) is 17.8. The Labute approximate surface area is 271 Å². The van der Waals surface area contributed by atoms with Gasteiger partial charge in [-0.1, -0.05) is 102 Å². The minimum Gasteiger partial charge on any atom is -0.392 e. The quantitative estimate of drug-likeness (QED) is 0.149. The average molecular weight is 660 g/mol. The maximum atomic E-state index is 12.7. The molecule has 0 radical (unpaired) electrons. The lowest BCUT2D eigenvalue weighted by Gasteiger charge is -2.36. The summed E-state index contributed by atoms with van der Waals surface area (Å²) in [7, 11) is -3.62. The van der Waals surface area contributed by atoms with Gasteiger partial charge in [-0.3, -0.25) is 0 Å². The lowest BCUT2D eigenvalue weighted by Crippen LogP contribution is -2.31. The summed E-state index contributed by atoms with van der Waals surface area (Å²) in [6.45, 7) is 2.11. The van der Waals surface area contributed by atoms with Gasteiger partial charge < -0.3 is 14.6 Å². The van der Waals surface area contributed by atoms with Gasteiger partial charge in [0, 0.05) is 24.3 Å². The summed E-state index contributed by atoms with van der Waals surface area (Å²) in [5.74, 6) is 0.709. The molecular weight excluding hydrogens is 627 g/mol. The van der Waals surface area contributed by atoms with Crippen molar-refractivity contribution in [1.82, 2.24) is 14.9 Å². The molecule has 0 aliphatic carbocycles. The zero-order valence-corrected chi connectivity index (χ0v) is 27.0. The topological polar surface area (TPSA) is 111 Å². The smallest absolute Gasteiger partial charge is 0.240 e. The molecule has 5 aromatic rings. The number of rotatable bonds is 11. The third kappa shape index (κ3) is 8.06. The van der Waals surface area contributed by atoms with Crippen molar-refractivity contribution in [1.29, 1.82) is 0 Å². The fourth-order valence-corrected chi connectivity index (χ4v) is 8.01. The van der Waals surface area contributed by atoms with E-state index in [4.69, 9.17) is 9.47 Å². The summed E-state index contributed by atoms with van der Waals surface area (Å²) in [6.07, 6.45) is -0.197. The van der Waals surface area contributed by atoms with Crippen LogP contribution in [-0.4, -0.2) is 35.6 Å². The fourth-order valence-electron chi connectivity index (χ4n) is 5.11. The van der Waals surface area contributed by atoms with Crippen LogP contribution in [0.5, 0.6) is 0 Å². The third-order valence-corrected chi connectivity index (χ3v) is 11.0. The molecule has 3 atom stereocenters. The number of aryl methyl sites for hydroxylation is 1. The van der Waals surface area contributed by atoms with E-state index in [9.17, 15) is 13.5 Å². The number of aliphatic hydroxyl groups is 1. The van der Waals surface area contributed by atoms with E-state index < -0.39 is 16.3 Å². The van der Waals surface area contributed by atoms with Crippen LogP contribution in [0.25, 0.3) is 11.1 Å². The van der Waals surface area contributed by atoms with E-state index in [1.165, 1.54) is 0 Å². The van der Waals surface area contributed by atoms with Crippen LogP contribution in [0.1, 0.15) is 46.1 Å². The van der Waals surface area contributed by atoms with E-state index >= 15 is 0 Å². The summed E-state index contributed by atoms with van der Waals surface area (Å²) in [6, 6.07) is 32.1.